The van der Waals surface area contributed by atoms with E-state index < -0.39 is 16.0 Å². The van der Waals surface area contributed by atoms with Crippen LogP contribution in [0.15, 0.2) is 23.1 Å². The van der Waals surface area contributed by atoms with Gasteiger partial charge < -0.3 is 10.5 Å². The predicted molar refractivity (Wildman–Crippen MR) is 94.9 cm³/mol. The molecule has 3 N–H and O–H groups in total. The molecule has 136 valence electrons. The maximum atomic E-state index is 12.6. The molecule has 8 heteroatoms. The molecule has 0 saturated heterocycles. The molecule has 1 saturated carbocycles. The lowest BCUT2D eigenvalue weighted by molar-refractivity contribution is 0.0526. The molecule has 1 aliphatic carbocycles. The first-order chi connectivity index (χ1) is 10.8. The predicted octanol–water partition coefficient (Wildman–Crippen LogP) is 2.14. The highest BCUT2D eigenvalue weighted by Crippen LogP contribution is 2.22. The van der Waals surface area contributed by atoms with Gasteiger partial charge >= 0.3 is 5.97 Å². The third-order valence-corrected chi connectivity index (χ3v) is 5.74. The van der Waals surface area contributed by atoms with E-state index in [0.29, 0.717) is 5.56 Å². The maximum Gasteiger partial charge on any atom is 0.338 e. The fourth-order valence-corrected chi connectivity index (χ4v) is 4.33. The summed E-state index contributed by atoms with van der Waals surface area (Å²) in [4.78, 5) is 11.9. The van der Waals surface area contributed by atoms with E-state index in [4.69, 9.17) is 10.5 Å². The van der Waals surface area contributed by atoms with Crippen molar-refractivity contribution in [3.05, 3.63) is 29.3 Å². The van der Waals surface area contributed by atoms with Crippen LogP contribution in [-0.4, -0.2) is 33.1 Å². The summed E-state index contributed by atoms with van der Waals surface area (Å²) >= 11 is 0. The highest BCUT2D eigenvalue weighted by atomic mass is 35.5. The summed E-state index contributed by atoms with van der Waals surface area (Å²) in [5, 5.41) is 0. The van der Waals surface area contributed by atoms with Gasteiger partial charge in [-0.1, -0.05) is 6.07 Å². The number of ether oxygens (including phenoxy) is 1. The van der Waals surface area contributed by atoms with Crippen molar-refractivity contribution in [1.29, 1.82) is 0 Å². The summed E-state index contributed by atoms with van der Waals surface area (Å²) in [5.74, 6) is -0.521. The van der Waals surface area contributed by atoms with Crippen molar-refractivity contribution in [3.8, 4) is 0 Å². The number of sulfonamides is 1. The molecular formula is C16H25ClN2O4S. The number of nitrogens with one attached hydrogen (secondary N) is 1. The Labute approximate surface area is 149 Å². The SMILES string of the molecule is CCOC(=O)c1ccc(C)c(S(=O)(=O)NC2CCC(N)CC2)c1.Cl. The summed E-state index contributed by atoms with van der Waals surface area (Å²) < 4.78 is 32.9. The van der Waals surface area contributed by atoms with E-state index in [0.717, 1.165) is 25.7 Å². The molecule has 0 aliphatic heterocycles. The van der Waals surface area contributed by atoms with Crippen molar-refractivity contribution >= 4 is 28.4 Å². The van der Waals surface area contributed by atoms with Crippen molar-refractivity contribution in [2.45, 2.75) is 56.5 Å². The Morgan fingerprint density at radius 1 is 1.29 bits per heavy atom. The van der Waals surface area contributed by atoms with Crippen LogP contribution in [0.4, 0.5) is 0 Å². The monoisotopic (exact) mass is 376 g/mol. The number of carbonyl (C=O) groups excluding carboxylic acids is 1. The standard InChI is InChI=1S/C16H24N2O4S.ClH/c1-3-22-16(19)12-5-4-11(2)15(10-12)23(20,21)18-14-8-6-13(17)7-9-14;/h4-5,10,13-14,18H,3,6-9,17H2,1-2H3;1H. The Hall–Kier alpha value is -1.15. The minimum Gasteiger partial charge on any atom is -0.462 e. The topological polar surface area (TPSA) is 98.5 Å². The van der Waals surface area contributed by atoms with E-state index in [1.807, 2.05) is 0 Å². The van der Waals surface area contributed by atoms with Gasteiger partial charge in [-0.05, 0) is 57.2 Å². The first-order valence-corrected chi connectivity index (χ1v) is 9.37. The van der Waals surface area contributed by atoms with Crippen molar-refractivity contribution in [1.82, 2.24) is 4.72 Å². The molecule has 0 unspecified atom stereocenters. The first-order valence-electron chi connectivity index (χ1n) is 7.89. The second kappa shape index (κ2) is 8.80. The molecule has 0 atom stereocenters. The van der Waals surface area contributed by atoms with Crippen molar-refractivity contribution in [3.63, 3.8) is 0 Å². The average Bonchev–Trinajstić information content (AvgIpc) is 2.50. The zero-order valence-corrected chi connectivity index (χ0v) is 15.6. The molecule has 1 aromatic carbocycles. The van der Waals surface area contributed by atoms with Crippen molar-refractivity contribution in [2.24, 2.45) is 5.73 Å². The zero-order valence-electron chi connectivity index (χ0n) is 13.9. The Morgan fingerprint density at radius 3 is 2.50 bits per heavy atom. The van der Waals surface area contributed by atoms with Gasteiger partial charge in [0.2, 0.25) is 10.0 Å². The van der Waals surface area contributed by atoms with Gasteiger partial charge in [0.25, 0.3) is 0 Å². The van der Waals surface area contributed by atoms with E-state index in [-0.39, 0.29) is 41.6 Å². The van der Waals surface area contributed by atoms with E-state index in [1.54, 1.807) is 26.0 Å². The van der Waals surface area contributed by atoms with E-state index in [9.17, 15) is 13.2 Å². The smallest absolute Gasteiger partial charge is 0.338 e. The minimum atomic E-state index is -3.68. The lowest BCUT2D eigenvalue weighted by Crippen LogP contribution is -2.40. The number of nitrogens with two attached hydrogens (primary N) is 1. The molecule has 0 heterocycles. The van der Waals surface area contributed by atoms with Gasteiger partial charge in [-0.2, -0.15) is 0 Å². The molecular weight excluding hydrogens is 352 g/mol. The number of aryl methyl sites for hydroxylation is 1. The van der Waals surface area contributed by atoms with E-state index >= 15 is 0 Å². The average molecular weight is 377 g/mol. The maximum absolute atomic E-state index is 12.6. The highest BCUT2D eigenvalue weighted by molar-refractivity contribution is 7.89. The lowest BCUT2D eigenvalue weighted by atomic mass is 9.93. The van der Waals surface area contributed by atoms with Crippen molar-refractivity contribution in [2.75, 3.05) is 6.61 Å². The van der Waals surface area contributed by atoms with E-state index in [2.05, 4.69) is 4.72 Å². The van der Waals surface area contributed by atoms with Crippen LogP contribution in [0.5, 0.6) is 0 Å². The van der Waals surface area contributed by atoms with Gasteiger partial charge in [0, 0.05) is 12.1 Å². The molecule has 0 aromatic heterocycles. The first kappa shape index (κ1) is 20.9. The second-order valence-electron chi connectivity index (χ2n) is 5.93. The fraction of sp³-hybridized carbons (Fsp3) is 0.562. The normalized spacial score (nSPS) is 21.0. The van der Waals surface area contributed by atoms with Crippen LogP contribution in [0, 0.1) is 6.92 Å². The lowest BCUT2D eigenvalue weighted by Gasteiger charge is -2.26. The summed E-state index contributed by atoms with van der Waals surface area (Å²) in [5.41, 5.74) is 6.68. The number of hydrogen-bond acceptors (Lipinski definition) is 5. The molecule has 2 rings (SSSR count). The number of rotatable bonds is 5. The third-order valence-electron chi connectivity index (χ3n) is 4.08. The molecule has 0 radical (unpaired) electrons. The quantitative estimate of drug-likeness (QED) is 0.767. The van der Waals surface area contributed by atoms with Crippen LogP contribution in [0.1, 0.15) is 48.5 Å². The molecule has 1 aliphatic rings. The molecule has 1 aromatic rings. The molecule has 0 bridgehead atoms. The van der Waals surface area contributed by atoms with E-state index in [1.165, 1.54) is 6.07 Å². The number of halogens is 1. The van der Waals surface area contributed by atoms with Crippen LogP contribution in [-0.2, 0) is 14.8 Å². The summed E-state index contributed by atoms with van der Waals surface area (Å²) in [6.45, 7) is 3.66. The Morgan fingerprint density at radius 2 is 1.92 bits per heavy atom. The molecule has 24 heavy (non-hydrogen) atoms. The Kier molecular flexibility index (Phi) is 7.66. The molecule has 1 fully saturated rings. The van der Waals surface area contributed by atoms with Crippen molar-refractivity contribution < 1.29 is 17.9 Å². The molecule has 0 spiro atoms. The Balaban J connectivity index is 0.00000288. The minimum absolute atomic E-state index is 0. The zero-order chi connectivity index (χ0) is 17.0. The largest absolute Gasteiger partial charge is 0.462 e. The molecule has 6 nitrogen and oxygen atoms in total. The van der Waals surface area contributed by atoms with Crippen LogP contribution in [0.3, 0.4) is 0 Å². The Bertz CT molecular complexity index is 671. The third kappa shape index (κ3) is 5.17. The van der Waals surface area contributed by atoms with Crippen LogP contribution < -0.4 is 10.5 Å². The van der Waals surface area contributed by atoms with Crippen LogP contribution >= 0.6 is 12.4 Å². The van der Waals surface area contributed by atoms with Gasteiger partial charge in [0.05, 0.1) is 17.1 Å². The molecule has 0 amide bonds. The summed E-state index contributed by atoms with van der Waals surface area (Å²) in [6, 6.07) is 4.63. The van der Waals surface area contributed by atoms with Crippen LogP contribution in [0.2, 0.25) is 0 Å². The summed E-state index contributed by atoms with van der Waals surface area (Å²) in [6.07, 6.45) is 3.10. The van der Waals surface area contributed by atoms with Gasteiger partial charge in [0.15, 0.2) is 0 Å². The second-order valence-corrected chi connectivity index (χ2v) is 7.62. The van der Waals surface area contributed by atoms with Gasteiger partial charge in [0.1, 0.15) is 0 Å². The van der Waals surface area contributed by atoms with Gasteiger partial charge in [-0.15, -0.1) is 12.4 Å². The number of hydrogen-bond donors (Lipinski definition) is 2. The number of carbonyl (C=O) groups is 1. The van der Waals surface area contributed by atoms with Crippen LogP contribution in [0.25, 0.3) is 0 Å². The van der Waals surface area contributed by atoms with Gasteiger partial charge in [-0.3, -0.25) is 0 Å². The summed E-state index contributed by atoms with van der Waals surface area (Å²) in [7, 11) is -3.68. The van der Waals surface area contributed by atoms with Gasteiger partial charge in [-0.25, -0.2) is 17.9 Å². The fourth-order valence-electron chi connectivity index (χ4n) is 2.75. The number of esters is 1. The highest BCUT2D eigenvalue weighted by Gasteiger charge is 2.26. The number of benzene rings is 1.